The number of hydrogen-bond acceptors (Lipinski definition) is 5. The number of halogens is 2. The summed E-state index contributed by atoms with van der Waals surface area (Å²) in [4.78, 5) is 27.8. The summed E-state index contributed by atoms with van der Waals surface area (Å²) < 4.78 is 14.5. The number of anilines is 1. The first-order valence-electron chi connectivity index (χ1n) is 10.2. The molecule has 0 aromatic carbocycles. The second kappa shape index (κ2) is 8.95. The molecule has 1 aliphatic rings. The van der Waals surface area contributed by atoms with Crippen LogP contribution in [0.2, 0.25) is 5.02 Å². The van der Waals surface area contributed by atoms with E-state index in [2.05, 4.69) is 30.6 Å². The Kier molecular flexibility index (Phi) is 6.13. The molecule has 158 valence electrons. The van der Waals surface area contributed by atoms with Crippen molar-refractivity contribution in [2.45, 2.75) is 57.5 Å². The minimum absolute atomic E-state index is 0.0296. The van der Waals surface area contributed by atoms with Gasteiger partial charge in [-0.3, -0.25) is 4.79 Å². The normalized spacial score (nSPS) is 19.0. The van der Waals surface area contributed by atoms with E-state index in [-0.39, 0.29) is 23.8 Å². The Morgan fingerprint density at radius 2 is 2.13 bits per heavy atom. The van der Waals surface area contributed by atoms with Crippen LogP contribution in [-0.2, 0) is 4.79 Å². The third-order valence-corrected chi connectivity index (χ3v) is 5.55. The van der Waals surface area contributed by atoms with Gasteiger partial charge in [-0.15, -0.1) is 0 Å². The van der Waals surface area contributed by atoms with Crippen molar-refractivity contribution in [1.29, 1.82) is 0 Å². The summed E-state index contributed by atoms with van der Waals surface area (Å²) in [5, 5.41) is 7.57. The molecule has 1 fully saturated rings. The van der Waals surface area contributed by atoms with Crippen LogP contribution < -0.4 is 10.6 Å². The topological polar surface area (TPSA) is 95.6 Å². The predicted octanol–water partition coefficient (Wildman–Crippen LogP) is 4.45. The fourth-order valence-corrected chi connectivity index (χ4v) is 4.09. The van der Waals surface area contributed by atoms with Crippen LogP contribution in [0.25, 0.3) is 22.4 Å². The van der Waals surface area contributed by atoms with E-state index in [9.17, 15) is 9.18 Å². The summed E-state index contributed by atoms with van der Waals surface area (Å²) in [5.41, 5.74) is 1.37. The molecule has 0 bridgehead atoms. The fourth-order valence-electron chi connectivity index (χ4n) is 3.93. The lowest BCUT2D eigenvalue weighted by atomic mass is 9.91. The molecule has 1 aliphatic carbocycles. The zero-order valence-corrected chi connectivity index (χ0v) is 17.5. The van der Waals surface area contributed by atoms with Crippen LogP contribution in [0.5, 0.6) is 0 Å². The summed E-state index contributed by atoms with van der Waals surface area (Å²) in [6.07, 6.45) is 9.35. The van der Waals surface area contributed by atoms with Crippen LogP contribution in [-0.4, -0.2) is 37.9 Å². The van der Waals surface area contributed by atoms with Crippen molar-refractivity contribution in [3.63, 3.8) is 0 Å². The van der Waals surface area contributed by atoms with Crippen molar-refractivity contribution < 1.29 is 9.18 Å². The first-order chi connectivity index (χ1) is 14.5. The van der Waals surface area contributed by atoms with Crippen molar-refractivity contribution in [3.05, 3.63) is 35.5 Å². The SMILES string of the molecule is CCCC(=O)NC1CCCC(Nc2nc(-c3c[nH]c4ncc(Cl)cc34)ncc2F)C1. The highest BCUT2D eigenvalue weighted by Gasteiger charge is 2.24. The highest BCUT2D eigenvalue weighted by atomic mass is 35.5. The number of carbonyl (C=O) groups is 1. The molecule has 0 saturated heterocycles. The van der Waals surface area contributed by atoms with Crippen LogP contribution in [0, 0.1) is 5.82 Å². The molecule has 2 atom stereocenters. The van der Waals surface area contributed by atoms with E-state index in [1.807, 2.05) is 6.92 Å². The second-order valence-electron chi connectivity index (χ2n) is 7.66. The third-order valence-electron chi connectivity index (χ3n) is 5.34. The number of amides is 1. The Labute approximate surface area is 178 Å². The molecule has 0 aliphatic heterocycles. The Balaban J connectivity index is 1.52. The van der Waals surface area contributed by atoms with E-state index < -0.39 is 5.82 Å². The van der Waals surface area contributed by atoms with Gasteiger partial charge in [0.2, 0.25) is 5.91 Å². The molecular formula is C21H24ClFN6O. The largest absolute Gasteiger partial charge is 0.365 e. The van der Waals surface area contributed by atoms with Crippen molar-refractivity contribution >= 4 is 34.4 Å². The van der Waals surface area contributed by atoms with Gasteiger partial charge in [-0.25, -0.2) is 19.3 Å². The van der Waals surface area contributed by atoms with Gasteiger partial charge in [0.25, 0.3) is 0 Å². The maximum Gasteiger partial charge on any atom is 0.220 e. The fraction of sp³-hybridized carbons (Fsp3) is 0.429. The number of carbonyl (C=O) groups excluding carboxylic acids is 1. The number of nitrogens with one attached hydrogen (secondary N) is 3. The summed E-state index contributed by atoms with van der Waals surface area (Å²) in [6, 6.07) is 1.91. The molecule has 0 radical (unpaired) electrons. The van der Waals surface area contributed by atoms with Crippen molar-refractivity contribution in [1.82, 2.24) is 25.3 Å². The standard InChI is InChI=1S/C21H24ClFN6O/c1-2-4-18(30)27-13-5-3-6-14(8-13)28-21-17(23)11-26-20(29-21)16-10-25-19-15(16)7-12(22)9-24-19/h7,9-11,13-14H,2-6,8H2,1H3,(H,24,25)(H,27,30)(H,26,28,29). The number of nitrogens with zero attached hydrogens (tertiary/aromatic N) is 3. The zero-order chi connectivity index (χ0) is 21.1. The molecular weight excluding hydrogens is 407 g/mol. The van der Waals surface area contributed by atoms with Crippen LogP contribution >= 0.6 is 11.6 Å². The van der Waals surface area contributed by atoms with Gasteiger partial charge in [-0.05, 0) is 38.2 Å². The number of hydrogen-bond donors (Lipinski definition) is 3. The number of aromatic amines is 1. The van der Waals surface area contributed by atoms with Gasteiger partial charge in [0.1, 0.15) is 5.65 Å². The summed E-state index contributed by atoms with van der Waals surface area (Å²) in [7, 11) is 0. The average molecular weight is 431 g/mol. The summed E-state index contributed by atoms with van der Waals surface area (Å²) >= 11 is 6.07. The van der Waals surface area contributed by atoms with Crippen LogP contribution in [0.4, 0.5) is 10.2 Å². The lowest BCUT2D eigenvalue weighted by Gasteiger charge is -2.30. The Morgan fingerprint density at radius 1 is 1.30 bits per heavy atom. The Bertz CT molecular complexity index is 1060. The number of aromatic nitrogens is 4. The first-order valence-corrected chi connectivity index (χ1v) is 10.6. The molecule has 4 rings (SSSR count). The van der Waals surface area contributed by atoms with E-state index in [1.54, 1.807) is 18.5 Å². The molecule has 2 unspecified atom stereocenters. The lowest BCUT2D eigenvalue weighted by molar-refractivity contribution is -0.122. The highest BCUT2D eigenvalue weighted by Crippen LogP contribution is 2.29. The first kappa shape index (κ1) is 20.5. The van der Waals surface area contributed by atoms with E-state index >= 15 is 0 Å². The van der Waals surface area contributed by atoms with Crippen LogP contribution in [0.1, 0.15) is 45.4 Å². The molecule has 9 heteroatoms. The number of H-pyrrole nitrogens is 1. The van der Waals surface area contributed by atoms with Crippen molar-refractivity contribution in [2.75, 3.05) is 5.32 Å². The number of pyridine rings is 1. The highest BCUT2D eigenvalue weighted by molar-refractivity contribution is 6.31. The van der Waals surface area contributed by atoms with Gasteiger partial charge in [0.15, 0.2) is 17.5 Å². The molecule has 1 saturated carbocycles. The van der Waals surface area contributed by atoms with E-state index in [0.717, 1.165) is 37.5 Å². The maximum absolute atomic E-state index is 14.5. The van der Waals surface area contributed by atoms with Gasteiger partial charge in [-0.2, -0.15) is 0 Å². The molecule has 3 aromatic heterocycles. The quantitative estimate of drug-likeness (QED) is 0.537. The van der Waals surface area contributed by atoms with Crippen LogP contribution in [0.3, 0.4) is 0 Å². The smallest absolute Gasteiger partial charge is 0.220 e. The average Bonchev–Trinajstić information content (AvgIpc) is 3.13. The minimum Gasteiger partial charge on any atom is -0.365 e. The zero-order valence-electron chi connectivity index (χ0n) is 16.7. The van der Waals surface area contributed by atoms with Crippen molar-refractivity contribution in [3.8, 4) is 11.4 Å². The van der Waals surface area contributed by atoms with Gasteiger partial charge in [-0.1, -0.05) is 18.5 Å². The predicted molar refractivity (Wildman–Crippen MR) is 115 cm³/mol. The number of fused-ring (bicyclic) bond motifs is 1. The molecule has 30 heavy (non-hydrogen) atoms. The molecule has 0 spiro atoms. The molecule has 3 aromatic rings. The van der Waals surface area contributed by atoms with E-state index in [0.29, 0.717) is 28.5 Å². The minimum atomic E-state index is -0.508. The van der Waals surface area contributed by atoms with Gasteiger partial charge < -0.3 is 15.6 Å². The van der Waals surface area contributed by atoms with Gasteiger partial charge in [0.05, 0.1) is 11.2 Å². The van der Waals surface area contributed by atoms with Gasteiger partial charge >= 0.3 is 0 Å². The van der Waals surface area contributed by atoms with Crippen LogP contribution in [0.15, 0.2) is 24.7 Å². The Hall–Kier alpha value is -2.74. The van der Waals surface area contributed by atoms with E-state index in [4.69, 9.17) is 11.6 Å². The lowest BCUT2D eigenvalue weighted by Crippen LogP contribution is -2.41. The van der Waals surface area contributed by atoms with Crippen molar-refractivity contribution in [2.24, 2.45) is 0 Å². The molecule has 7 nitrogen and oxygen atoms in total. The molecule has 3 heterocycles. The third kappa shape index (κ3) is 4.53. The Morgan fingerprint density at radius 3 is 2.97 bits per heavy atom. The maximum atomic E-state index is 14.5. The molecule has 3 N–H and O–H groups in total. The molecule has 1 amide bonds. The summed E-state index contributed by atoms with van der Waals surface area (Å²) in [6.45, 7) is 1.98. The van der Waals surface area contributed by atoms with E-state index in [1.165, 1.54) is 6.20 Å². The summed E-state index contributed by atoms with van der Waals surface area (Å²) in [5.74, 6) is 0.116. The number of rotatable bonds is 6. The van der Waals surface area contributed by atoms with Gasteiger partial charge in [0, 0.05) is 41.8 Å². The monoisotopic (exact) mass is 430 g/mol. The second-order valence-corrected chi connectivity index (χ2v) is 8.10.